The maximum Gasteiger partial charge on any atom is 0.220 e. The number of benzene rings is 1. The zero-order valence-corrected chi connectivity index (χ0v) is 15.5. The Labute approximate surface area is 155 Å². The molecule has 1 saturated carbocycles. The number of aryl methyl sites for hydroxylation is 1. The van der Waals surface area contributed by atoms with Crippen LogP contribution < -0.4 is 5.32 Å². The first-order valence-corrected chi connectivity index (χ1v) is 9.74. The van der Waals surface area contributed by atoms with Crippen LogP contribution in [0.1, 0.15) is 48.5 Å². The highest BCUT2D eigenvalue weighted by molar-refractivity contribution is 5.76. The Hall–Kier alpha value is -2.14. The van der Waals surface area contributed by atoms with Crippen molar-refractivity contribution in [3.8, 4) is 0 Å². The molecule has 2 heterocycles. The monoisotopic (exact) mass is 352 g/mol. The number of nitrogens with zero attached hydrogens (tertiary/aromatic N) is 3. The Morgan fingerprint density at radius 3 is 2.81 bits per heavy atom. The van der Waals surface area contributed by atoms with Gasteiger partial charge >= 0.3 is 0 Å². The third-order valence-corrected chi connectivity index (χ3v) is 5.45. The van der Waals surface area contributed by atoms with Gasteiger partial charge in [-0.1, -0.05) is 29.8 Å². The van der Waals surface area contributed by atoms with E-state index in [1.54, 1.807) is 0 Å². The number of aromatic nitrogens is 2. The zero-order valence-electron chi connectivity index (χ0n) is 15.5. The molecule has 1 amide bonds. The molecule has 2 aliphatic rings. The van der Waals surface area contributed by atoms with Crippen LogP contribution in [0.2, 0.25) is 0 Å². The second kappa shape index (κ2) is 7.62. The molecule has 0 radical (unpaired) electrons. The minimum Gasteiger partial charge on any atom is -0.356 e. The molecule has 1 fully saturated rings. The summed E-state index contributed by atoms with van der Waals surface area (Å²) in [5, 5.41) is 7.62. The van der Waals surface area contributed by atoms with Gasteiger partial charge in [-0.05, 0) is 43.7 Å². The van der Waals surface area contributed by atoms with Crippen LogP contribution in [0.15, 0.2) is 36.5 Å². The molecule has 1 aromatic heterocycles. The van der Waals surface area contributed by atoms with E-state index in [0.29, 0.717) is 18.4 Å². The van der Waals surface area contributed by atoms with Crippen molar-refractivity contribution < 1.29 is 4.79 Å². The van der Waals surface area contributed by atoms with E-state index < -0.39 is 0 Å². The number of nitrogens with one attached hydrogen (secondary N) is 1. The van der Waals surface area contributed by atoms with Gasteiger partial charge in [0.2, 0.25) is 5.91 Å². The van der Waals surface area contributed by atoms with Gasteiger partial charge in [-0.2, -0.15) is 5.10 Å². The quantitative estimate of drug-likeness (QED) is 0.833. The van der Waals surface area contributed by atoms with Gasteiger partial charge in [0.05, 0.1) is 11.7 Å². The van der Waals surface area contributed by atoms with Crippen molar-refractivity contribution in [1.29, 1.82) is 0 Å². The number of amides is 1. The summed E-state index contributed by atoms with van der Waals surface area (Å²) in [6, 6.07) is 11.2. The second-order valence-corrected chi connectivity index (χ2v) is 7.86. The number of hydrogen-bond donors (Lipinski definition) is 1. The van der Waals surface area contributed by atoms with Gasteiger partial charge < -0.3 is 5.32 Å². The molecule has 138 valence electrons. The molecule has 0 spiro atoms. The van der Waals surface area contributed by atoms with Crippen molar-refractivity contribution in [2.45, 2.75) is 51.7 Å². The SMILES string of the molecule is Cc1ccc(CN2Cc3ccnn3C(CCNC(=O)CC3CC3)C2)cc1. The molecule has 1 atom stereocenters. The van der Waals surface area contributed by atoms with Crippen LogP contribution in [-0.4, -0.2) is 33.7 Å². The van der Waals surface area contributed by atoms with E-state index in [0.717, 1.165) is 32.6 Å². The first-order chi connectivity index (χ1) is 12.7. The van der Waals surface area contributed by atoms with Crippen LogP contribution in [0, 0.1) is 12.8 Å². The summed E-state index contributed by atoms with van der Waals surface area (Å²) < 4.78 is 2.15. The third-order valence-electron chi connectivity index (χ3n) is 5.45. The molecule has 1 aliphatic carbocycles. The van der Waals surface area contributed by atoms with Gasteiger partial charge in [-0.15, -0.1) is 0 Å². The lowest BCUT2D eigenvalue weighted by atomic mass is 10.1. The van der Waals surface area contributed by atoms with Crippen molar-refractivity contribution in [2.24, 2.45) is 5.92 Å². The minimum atomic E-state index is 0.209. The maximum atomic E-state index is 11.9. The predicted octanol–water partition coefficient (Wildman–Crippen LogP) is 3.05. The molecule has 0 saturated heterocycles. The number of hydrogen-bond acceptors (Lipinski definition) is 3. The number of fused-ring (bicyclic) bond motifs is 1. The summed E-state index contributed by atoms with van der Waals surface area (Å²) in [5.41, 5.74) is 3.91. The van der Waals surface area contributed by atoms with Crippen molar-refractivity contribution >= 4 is 5.91 Å². The molecule has 26 heavy (non-hydrogen) atoms. The van der Waals surface area contributed by atoms with E-state index in [1.165, 1.54) is 29.7 Å². The van der Waals surface area contributed by atoms with Crippen molar-refractivity contribution in [3.63, 3.8) is 0 Å². The normalized spacial score (nSPS) is 20.0. The van der Waals surface area contributed by atoms with Crippen LogP contribution in [0.5, 0.6) is 0 Å². The highest BCUT2D eigenvalue weighted by atomic mass is 16.1. The van der Waals surface area contributed by atoms with Crippen LogP contribution >= 0.6 is 0 Å². The largest absolute Gasteiger partial charge is 0.356 e. The molecule has 5 heteroatoms. The topological polar surface area (TPSA) is 50.2 Å². The third kappa shape index (κ3) is 4.33. The molecule has 1 unspecified atom stereocenters. The Kier molecular flexibility index (Phi) is 5.07. The summed E-state index contributed by atoms with van der Waals surface area (Å²) in [5.74, 6) is 0.855. The van der Waals surface area contributed by atoms with E-state index in [4.69, 9.17) is 0 Å². The van der Waals surface area contributed by atoms with Gasteiger partial charge in [0.1, 0.15) is 0 Å². The first kappa shape index (κ1) is 17.3. The summed E-state index contributed by atoms with van der Waals surface area (Å²) in [4.78, 5) is 14.4. The zero-order chi connectivity index (χ0) is 17.9. The average molecular weight is 352 g/mol. The average Bonchev–Trinajstić information content (AvgIpc) is 3.30. The fourth-order valence-corrected chi connectivity index (χ4v) is 3.78. The Bertz CT molecular complexity index is 748. The van der Waals surface area contributed by atoms with Crippen LogP contribution in [0.25, 0.3) is 0 Å². The predicted molar refractivity (Wildman–Crippen MR) is 102 cm³/mol. The number of rotatable bonds is 7. The summed E-state index contributed by atoms with van der Waals surface area (Å²) in [7, 11) is 0. The summed E-state index contributed by atoms with van der Waals surface area (Å²) in [6.07, 6.45) is 5.97. The summed E-state index contributed by atoms with van der Waals surface area (Å²) >= 11 is 0. The van der Waals surface area contributed by atoms with Gasteiger partial charge in [0.25, 0.3) is 0 Å². The van der Waals surface area contributed by atoms with Gasteiger partial charge in [-0.25, -0.2) is 0 Å². The highest BCUT2D eigenvalue weighted by Crippen LogP contribution is 2.32. The molecule has 0 bridgehead atoms. The van der Waals surface area contributed by atoms with E-state index >= 15 is 0 Å². The maximum absolute atomic E-state index is 11.9. The molecule has 1 aliphatic heterocycles. The van der Waals surface area contributed by atoms with E-state index in [-0.39, 0.29) is 5.91 Å². The molecule has 4 rings (SSSR count). The molecule has 5 nitrogen and oxygen atoms in total. The Balaban J connectivity index is 1.34. The van der Waals surface area contributed by atoms with Gasteiger partial charge in [0.15, 0.2) is 0 Å². The highest BCUT2D eigenvalue weighted by Gasteiger charge is 2.26. The number of carbonyl (C=O) groups is 1. The molecule has 1 N–H and O–H groups in total. The van der Waals surface area contributed by atoms with Crippen LogP contribution in [0.4, 0.5) is 0 Å². The van der Waals surface area contributed by atoms with Crippen LogP contribution in [0.3, 0.4) is 0 Å². The van der Waals surface area contributed by atoms with Crippen molar-refractivity contribution in [1.82, 2.24) is 20.0 Å². The van der Waals surface area contributed by atoms with Gasteiger partial charge in [0, 0.05) is 38.8 Å². The lowest BCUT2D eigenvalue weighted by Crippen LogP contribution is -2.39. The second-order valence-electron chi connectivity index (χ2n) is 7.86. The van der Waals surface area contributed by atoms with E-state index in [2.05, 4.69) is 57.3 Å². The number of carbonyl (C=O) groups excluding carboxylic acids is 1. The Morgan fingerprint density at radius 1 is 1.23 bits per heavy atom. The smallest absolute Gasteiger partial charge is 0.220 e. The molecular formula is C21H28N4O. The lowest BCUT2D eigenvalue weighted by molar-refractivity contribution is -0.121. The fourth-order valence-electron chi connectivity index (χ4n) is 3.78. The van der Waals surface area contributed by atoms with E-state index in [9.17, 15) is 4.79 Å². The molecule has 1 aromatic carbocycles. The first-order valence-electron chi connectivity index (χ1n) is 9.74. The standard InChI is InChI=1S/C21H28N4O/c1-16-2-4-18(5-3-16)13-24-14-19(25-20(15-24)9-11-23-25)8-10-22-21(26)12-17-6-7-17/h2-5,9,11,17,19H,6-8,10,12-15H2,1H3,(H,22,26). The fraction of sp³-hybridized carbons (Fsp3) is 0.524. The Morgan fingerprint density at radius 2 is 2.04 bits per heavy atom. The summed E-state index contributed by atoms with van der Waals surface area (Å²) in [6.45, 7) is 5.71. The van der Waals surface area contributed by atoms with Crippen molar-refractivity contribution in [2.75, 3.05) is 13.1 Å². The lowest BCUT2D eigenvalue weighted by Gasteiger charge is -2.34. The van der Waals surface area contributed by atoms with E-state index in [1.807, 2.05) is 6.20 Å². The van der Waals surface area contributed by atoms with Crippen molar-refractivity contribution in [3.05, 3.63) is 53.3 Å². The molecular weight excluding hydrogens is 324 g/mol. The van der Waals surface area contributed by atoms with Gasteiger partial charge in [-0.3, -0.25) is 14.4 Å². The molecule has 2 aromatic rings. The minimum absolute atomic E-state index is 0.209. The van der Waals surface area contributed by atoms with Crippen LogP contribution in [-0.2, 0) is 17.9 Å².